The molecule has 16 heavy (non-hydrogen) atoms. The average Bonchev–Trinajstić information content (AvgIpc) is 2.69. The summed E-state index contributed by atoms with van der Waals surface area (Å²) in [5.74, 6) is 0.596. The Hall–Kier alpha value is -0.460. The van der Waals surface area contributed by atoms with Gasteiger partial charge in [0, 0.05) is 30.7 Å². The molecule has 1 aromatic heterocycles. The maximum atomic E-state index is 11.3. The van der Waals surface area contributed by atoms with Crippen molar-refractivity contribution in [3.05, 3.63) is 16.1 Å². The first kappa shape index (κ1) is 12.0. The summed E-state index contributed by atoms with van der Waals surface area (Å²) in [6.45, 7) is 4.24. The molecule has 1 aliphatic heterocycles. The molecule has 6 heteroatoms. The van der Waals surface area contributed by atoms with Gasteiger partial charge in [0.1, 0.15) is 0 Å². The van der Waals surface area contributed by atoms with Crippen LogP contribution in [0.25, 0.3) is 0 Å². The van der Waals surface area contributed by atoms with E-state index in [1.807, 2.05) is 6.20 Å². The molecule has 2 rings (SSSR count). The molecular formula is C10H16N2O2S2. The topological polar surface area (TPSA) is 50.3 Å². The van der Waals surface area contributed by atoms with Gasteiger partial charge in [-0.2, -0.15) is 0 Å². The van der Waals surface area contributed by atoms with E-state index >= 15 is 0 Å². The van der Waals surface area contributed by atoms with Gasteiger partial charge in [-0.3, -0.25) is 4.90 Å². The zero-order chi connectivity index (χ0) is 11.6. The fourth-order valence-corrected chi connectivity index (χ4v) is 3.90. The largest absolute Gasteiger partial charge is 0.296 e. The molecule has 1 fully saturated rings. The van der Waals surface area contributed by atoms with Crippen LogP contribution >= 0.6 is 11.3 Å². The average molecular weight is 260 g/mol. The fourth-order valence-electron chi connectivity index (χ4n) is 1.71. The van der Waals surface area contributed by atoms with Crippen molar-refractivity contribution in [2.45, 2.75) is 19.9 Å². The predicted octanol–water partition coefficient (Wildman–Crippen LogP) is 0.936. The Balaban J connectivity index is 1.91. The quantitative estimate of drug-likeness (QED) is 0.811. The van der Waals surface area contributed by atoms with Crippen LogP contribution in [0.15, 0.2) is 6.20 Å². The molecule has 1 aromatic rings. The molecule has 0 atom stereocenters. The highest BCUT2D eigenvalue weighted by molar-refractivity contribution is 7.91. The smallest absolute Gasteiger partial charge is 0.152 e. The number of aryl methyl sites for hydroxylation is 1. The van der Waals surface area contributed by atoms with Gasteiger partial charge in [0.15, 0.2) is 9.84 Å². The first-order valence-corrected chi connectivity index (χ1v) is 8.09. The van der Waals surface area contributed by atoms with Crippen LogP contribution in [-0.4, -0.2) is 42.9 Å². The molecule has 4 nitrogen and oxygen atoms in total. The zero-order valence-corrected chi connectivity index (χ0v) is 11.0. The van der Waals surface area contributed by atoms with Gasteiger partial charge in [0.2, 0.25) is 0 Å². The van der Waals surface area contributed by atoms with Crippen LogP contribution in [0.4, 0.5) is 0 Å². The molecule has 0 unspecified atom stereocenters. The first-order chi connectivity index (χ1) is 7.59. The van der Waals surface area contributed by atoms with Crippen molar-refractivity contribution >= 4 is 21.2 Å². The van der Waals surface area contributed by atoms with Gasteiger partial charge in [-0.15, -0.1) is 11.3 Å². The highest BCUT2D eigenvalue weighted by atomic mass is 32.2. The fraction of sp³-hybridized carbons (Fsp3) is 0.700. The molecule has 2 heterocycles. The zero-order valence-electron chi connectivity index (χ0n) is 9.35. The molecule has 0 aliphatic carbocycles. The van der Waals surface area contributed by atoms with E-state index in [9.17, 15) is 8.42 Å². The van der Waals surface area contributed by atoms with Crippen LogP contribution in [0.1, 0.15) is 16.8 Å². The van der Waals surface area contributed by atoms with Gasteiger partial charge in [-0.05, 0) is 6.42 Å². The lowest BCUT2D eigenvalue weighted by atomic mass is 10.4. The number of hydrogen-bond acceptors (Lipinski definition) is 5. The molecule has 0 saturated carbocycles. The summed E-state index contributed by atoms with van der Waals surface area (Å²) in [5.41, 5.74) is 0. The Kier molecular flexibility index (Phi) is 3.61. The molecule has 0 aromatic carbocycles. The number of hydrogen-bond donors (Lipinski definition) is 0. The van der Waals surface area contributed by atoms with Gasteiger partial charge >= 0.3 is 0 Å². The van der Waals surface area contributed by atoms with E-state index in [4.69, 9.17) is 0 Å². The van der Waals surface area contributed by atoms with E-state index in [0.717, 1.165) is 18.0 Å². The molecule has 90 valence electrons. The Bertz CT molecular complexity index is 439. The third-order valence-electron chi connectivity index (χ3n) is 2.72. The van der Waals surface area contributed by atoms with Crippen molar-refractivity contribution < 1.29 is 8.42 Å². The predicted molar refractivity (Wildman–Crippen MR) is 65.4 cm³/mol. The summed E-state index contributed by atoms with van der Waals surface area (Å²) in [4.78, 5) is 7.72. The van der Waals surface area contributed by atoms with Gasteiger partial charge in [-0.25, -0.2) is 13.4 Å². The summed E-state index contributed by atoms with van der Waals surface area (Å²) in [6, 6.07) is 0. The lowest BCUT2D eigenvalue weighted by Crippen LogP contribution is -2.39. The second-order valence-electron chi connectivity index (χ2n) is 4.00. The van der Waals surface area contributed by atoms with Gasteiger partial charge in [0.05, 0.1) is 16.5 Å². The minimum Gasteiger partial charge on any atom is -0.296 e. The van der Waals surface area contributed by atoms with Crippen molar-refractivity contribution in [1.29, 1.82) is 0 Å². The van der Waals surface area contributed by atoms with Gasteiger partial charge < -0.3 is 0 Å². The van der Waals surface area contributed by atoms with Crippen molar-refractivity contribution in [3.63, 3.8) is 0 Å². The lowest BCUT2D eigenvalue weighted by molar-refractivity contribution is 0.290. The number of thiazole rings is 1. The van der Waals surface area contributed by atoms with Crippen molar-refractivity contribution in [3.8, 4) is 0 Å². The lowest BCUT2D eigenvalue weighted by Gasteiger charge is -2.25. The van der Waals surface area contributed by atoms with E-state index in [0.29, 0.717) is 24.6 Å². The second kappa shape index (κ2) is 4.81. The van der Waals surface area contributed by atoms with Crippen LogP contribution in [-0.2, 0) is 22.8 Å². The molecule has 0 bridgehead atoms. The van der Waals surface area contributed by atoms with E-state index < -0.39 is 9.84 Å². The molecular weight excluding hydrogens is 244 g/mol. The van der Waals surface area contributed by atoms with E-state index in [1.165, 1.54) is 4.88 Å². The molecule has 0 amide bonds. The maximum absolute atomic E-state index is 11.3. The molecule has 0 radical (unpaired) electrons. The third kappa shape index (κ3) is 3.02. The van der Waals surface area contributed by atoms with Crippen LogP contribution in [0.2, 0.25) is 0 Å². The summed E-state index contributed by atoms with van der Waals surface area (Å²) in [7, 11) is -2.76. The Morgan fingerprint density at radius 2 is 2.12 bits per heavy atom. The SMILES string of the molecule is CCc1ncc(CN2CCS(=O)(=O)CC2)s1. The van der Waals surface area contributed by atoms with Crippen molar-refractivity contribution in [2.24, 2.45) is 0 Å². The standard InChI is InChI=1S/C10H16N2O2S2/c1-2-10-11-7-9(15-10)8-12-3-5-16(13,14)6-4-12/h7H,2-6,8H2,1H3. The van der Waals surface area contributed by atoms with Crippen molar-refractivity contribution in [2.75, 3.05) is 24.6 Å². The number of rotatable bonds is 3. The molecule has 0 N–H and O–H groups in total. The number of aromatic nitrogens is 1. The normalized spacial score (nSPS) is 21.1. The monoisotopic (exact) mass is 260 g/mol. The van der Waals surface area contributed by atoms with E-state index in [-0.39, 0.29) is 0 Å². The van der Waals surface area contributed by atoms with Crippen LogP contribution in [0, 0.1) is 0 Å². The maximum Gasteiger partial charge on any atom is 0.152 e. The van der Waals surface area contributed by atoms with Crippen LogP contribution in [0.5, 0.6) is 0 Å². The Morgan fingerprint density at radius 1 is 1.44 bits per heavy atom. The summed E-state index contributed by atoms with van der Waals surface area (Å²) >= 11 is 1.72. The molecule has 1 saturated heterocycles. The minimum absolute atomic E-state index is 0.298. The van der Waals surface area contributed by atoms with Gasteiger partial charge in [-0.1, -0.05) is 6.92 Å². The number of nitrogens with zero attached hydrogens (tertiary/aromatic N) is 2. The van der Waals surface area contributed by atoms with Crippen molar-refractivity contribution in [1.82, 2.24) is 9.88 Å². The number of sulfone groups is 1. The molecule has 0 spiro atoms. The summed E-state index contributed by atoms with van der Waals surface area (Å²) in [5, 5.41) is 1.15. The van der Waals surface area contributed by atoms with E-state index in [2.05, 4.69) is 16.8 Å². The van der Waals surface area contributed by atoms with Crippen LogP contribution < -0.4 is 0 Å². The van der Waals surface area contributed by atoms with Crippen LogP contribution in [0.3, 0.4) is 0 Å². The first-order valence-electron chi connectivity index (χ1n) is 5.45. The Morgan fingerprint density at radius 3 is 2.69 bits per heavy atom. The molecule has 1 aliphatic rings. The highest BCUT2D eigenvalue weighted by Gasteiger charge is 2.21. The van der Waals surface area contributed by atoms with E-state index in [1.54, 1.807) is 11.3 Å². The summed E-state index contributed by atoms with van der Waals surface area (Å²) in [6.07, 6.45) is 2.88. The Labute approximate surface area is 100 Å². The minimum atomic E-state index is -2.76. The second-order valence-corrected chi connectivity index (χ2v) is 7.51. The third-order valence-corrected chi connectivity index (χ3v) is 5.46. The highest BCUT2D eigenvalue weighted by Crippen LogP contribution is 2.16. The summed E-state index contributed by atoms with van der Waals surface area (Å²) < 4.78 is 22.5. The van der Waals surface area contributed by atoms with Gasteiger partial charge in [0.25, 0.3) is 0 Å².